The molecule has 0 aromatic heterocycles. The number of nitriles is 1. The predicted octanol–water partition coefficient (Wildman–Crippen LogP) is 3.35. The highest BCUT2D eigenvalue weighted by atomic mass is 16.2. The van der Waals surface area contributed by atoms with Crippen LogP contribution in [-0.2, 0) is 4.79 Å². The zero-order valence-electron chi connectivity index (χ0n) is 12.2. The molecule has 0 spiro atoms. The molecular weight excluding hydrogens is 224 g/mol. The number of carbonyl (C=O) groups excluding carboxylic acids is 1. The van der Waals surface area contributed by atoms with Gasteiger partial charge in [0.2, 0.25) is 5.91 Å². The summed E-state index contributed by atoms with van der Waals surface area (Å²) in [4.78, 5) is 14.2. The van der Waals surface area contributed by atoms with E-state index in [9.17, 15) is 10.1 Å². The molecule has 3 nitrogen and oxygen atoms in total. The minimum Gasteiger partial charge on any atom is -0.341 e. The zero-order chi connectivity index (χ0) is 13.8. The van der Waals surface area contributed by atoms with Gasteiger partial charge in [0, 0.05) is 13.1 Å². The summed E-state index contributed by atoms with van der Waals surface area (Å²) in [6.07, 6.45) is 6.44. The Morgan fingerprint density at radius 2 is 1.89 bits per heavy atom. The average molecular weight is 250 g/mol. The van der Waals surface area contributed by atoms with E-state index in [2.05, 4.69) is 13.0 Å². The number of rotatable bonds is 4. The Labute approximate surface area is 111 Å². The topological polar surface area (TPSA) is 44.1 Å². The van der Waals surface area contributed by atoms with Crippen LogP contribution in [0.3, 0.4) is 0 Å². The monoisotopic (exact) mass is 250 g/mol. The fourth-order valence-electron chi connectivity index (χ4n) is 2.77. The Balaban J connectivity index is 2.63. The summed E-state index contributed by atoms with van der Waals surface area (Å²) in [6, 6.07) is 2.51. The lowest BCUT2D eigenvalue weighted by molar-refractivity contribution is -0.140. The lowest BCUT2D eigenvalue weighted by Gasteiger charge is -2.37. The molecule has 1 atom stereocenters. The Bertz CT molecular complexity index is 326. The van der Waals surface area contributed by atoms with E-state index in [0.717, 1.165) is 18.8 Å². The van der Waals surface area contributed by atoms with E-state index in [4.69, 9.17) is 0 Å². The molecule has 1 saturated carbocycles. The van der Waals surface area contributed by atoms with Crippen LogP contribution in [0, 0.1) is 22.7 Å². The highest BCUT2D eigenvalue weighted by molar-refractivity contribution is 5.85. The molecule has 1 amide bonds. The second kappa shape index (κ2) is 6.22. The van der Waals surface area contributed by atoms with Crippen molar-refractivity contribution in [3.8, 4) is 6.07 Å². The van der Waals surface area contributed by atoms with E-state index >= 15 is 0 Å². The van der Waals surface area contributed by atoms with E-state index < -0.39 is 5.41 Å². The average Bonchev–Trinajstić information content (AvgIpc) is 2.44. The van der Waals surface area contributed by atoms with E-state index in [-0.39, 0.29) is 5.91 Å². The van der Waals surface area contributed by atoms with Crippen molar-refractivity contribution in [2.24, 2.45) is 11.3 Å². The standard InChI is InChI=1S/C15H26N2O/c1-5-12-7-9-13(10-8-12)17(4)14(18)15(3,6-2)11-16/h12-13H,5-10H2,1-4H3. The maximum atomic E-state index is 12.4. The van der Waals surface area contributed by atoms with Crippen LogP contribution in [0.25, 0.3) is 0 Å². The van der Waals surface area contributed by atoms with Gasteiger partial charge in [-0.1, -0.05) is 20.3 Å². The van der Waals surface area contributed by atoms with Gasteiger partial charge in [-0.25, -0.2) is 0 Å². The summed E-state index contributed by atoms with van der Waals surface area (Å²) in [5, 5.41) is 9.19. The van der Waals surface area contributed by atoms with Crippen molar-refractivity contribution in [2.45, 2.75) is 65.3 Å². The van der Waals surface area contributed by atoms with Gasteiger partial charge in [-0.2, -0.15) is 5.26 Å². The van der Waals surface area contributed by atoms with Crippen LogP contribution in [0.2, 0.25) is 0 Å². The van der Waals surface area contributed by atoms with Crippen LogP contribution in [0.15, 0.2) is 0 Å². The predicted molar refractivity (Wildman–Crippen MR) is 72.8 cm³/mol. The molecule has 0 aromatic carbocycles. The Hall–Kier alpha value is -1.04. The summed E-state index contributed by atoms with van der Waals surface area (Å²) < 4.78 is 0. The molecule has 18 heavy (non-hydrogen) atoms. The van der Waals surface area contributed by atoms with Gasteiger partial charge in [0.1, 0.15) is 5.41 Å². The maximum absolute atomic E-state index is 12.4. The first-order valence-corrected chi connectivity index (χ1v) is 7.17. The molecule has 1 aliphatic rings. The Morgan fingerprint density at radius 1 is 1.33 bits per heavy atom. The van der Waals surface area contributed by atoms with Crippen molar-refractivity contribution in [3.05, 3.63) is 0 Å². The number of carbonyl (C=O) groups is 1. The van der Waals surface area contributed by atoms with Gasteiger partial charge >= 0.3 is 0 Å². The van der Waals surface area contributed by atoms with Gasteiger partial charge in [0.15, 0.2) is 0 Å². The first-order chi connectivity index (χ1) is 8.48. The molecule has 1 rings (SSSR count). The third-order valence-corrected chi connectivity index (χ3v) is 4.69. The summed E-state index contributed by atoms with van der Waals surface area (Å²) in [5.41, 5.74) is -0.851. The van der Waals surface area contributed by atoms with Crippen molar-refractivity contribution >= 4 is 5.91 Å². The lowest BCUT2D eigenvalue weighted by atomic mass is 9.82. The van der Waals surface area contributed by atoms with Crippen LogP contribution in [0.5, 0.6) is 0 Å². The molecule has 0 aromatic rings. The van der Waals surface area contributed by atoms with Gasteiger partial charge in [-0.05, 0) is 44.9 Å². The molecule has 1 fully saturated rings. The maximum Gasteiger partial charge on any atom is 0.242 e. The first kappa shape index (κ1) is 15.0. The molecule has 0 radical (unpaired) electrons. The molecule has 3 heteroatoms. The minimum absolute atomic E-state index is 0.00699. The van der Waals surface area contributed by atoms with Crippen LogP contribution in [0.4, 0.5) is 0 Å². The Morgan fingerprint density at radius 3 is 2.28 bits per heavy atom. The van der Waals surface area contributed by atoms with Crippen LogP contribution in [0.1, 0.15) is 59.3 Å². The van der Waals surface area contributed by atoms with Gasteiger partial charge in [0.05, 0.1) is 6.07 Å². The fraction of sp³-hybridized carbons (Fsp3) is 0.867. The quantitative estimate of drug-likeness (QED) is 0.768. The molecule has 102 valence electrons. The first-order valence-electron chi connectivity index (χ1n) is 7.17. The number of amides is 1. The van der Waals surface area contributed by atoms with Crippen LogP contribution < -0.4 is 0 Å². The van der Waals surface area contributed by atoms with Crippen LogP contribution >= 0.6 is 0 Å². The second-order valence-electron chi connectivity index (χ2n) is 5.80. The number of hydrogen-bond acceptors (Lipinski definition) is 2. The third kappa shape index (κ3) is 3.04. The van der Waals surface area contributed by atoms with Crippen LogP contribution in [-0.4, -0.2) is 23.9 Å². The van der Waals surface area contributed by atoms with Gasteiger partial charge in [0.25, 0.3) is 0 Å². The lowest BCUT2D eigenvalue weighted by Crippen LogP contribution is -2.46. The fourth-order valence-corrected chi connectivity index (χ4v) is 2.77. The summed E-state index contributed by atoms with van der Waals surface area (Å²) in [7, 11) is 1.87. The van der Waals surface area contributed by atoms with Crippen molar-refractivity contribution in [1.29, 1.82) is 5.26 Å². The number of hydrogen-bond donors (Lipinski definition) is 0. The highest BCUT2D eigenvalue weighted by Gasteiger charge is 2.37. The third-order valence-electron chi connectivity index (χ3n) is 4.69. The molecule has 0 heterocycles. The van der Waals surface area contributed by atoms with Crippen molar-refractivity contribution < 1.29 is 4.79 Å². The Kier molecular flexibility index (Phi) is 5.19. The van der Waals surface area contributed by atoms with E-state index in [1.165, 1.54) is 19.3 Å². The SMILES string of the molecule is CCC1CCC(N(C)C(=O)C(C)(C#N)CC)CC1. The smallest absolute Gasteiger partial charge is 0.242 e. The molecular formula is C15H26N2O. The molecule has 0 aliphatic heterocycles. The van der Waals surface area contributed by atoms with Crippen molar-refractivity contribution in [3.63, 3.8) is 0 Å². The van der Waals surface area contributed by atoms with E-state index in [1.807, 2.05) is 18.9 Å². The normalized spacial score (nSPS) is 27.1. The van der Waals surface area contributed by atoms with Crippen molar-refractivity contribution in [2.75, 3.05) is 7.05 Å². The zero-order valence-corrected chi connectivity index (χ0v) is 12.2. The number of nitrogens with zero attached hydrogens (tertiary/aromatic N) is 2. The molecule has 1 unspecified atom stereocenters. The minimum atomic E-state index is -0.851. The van der Waals surface area contributed by atoms with E-state index in [1.54, 1.807) is 6.92 Å². The molecule has 1 aliphatic carbocycles. The second-order valence-corrected chi connectivity index (χ2v) is 5.80. The molecule has 0 saturated heterocycles. The highest BCUT2D eigenvalue weighted by Crippen LogP contribution is 2.31. The van der Waals surface area contributed by atoms with E-state index in [0.29, 0.717) is 12.5 Å². The van der Waals surface area contributed by atoms with Crippen molar-refractivity contribution in [1.82, 2.24) is 4.90 Å². The van der Waals surface area contributed by atoms with Gasteiger partial charge < -0.3 is 4.90 Å². The summed E-state index contributed by atoms with van der Waals surface area (Å²) >= 11 is 0. The van der Waals surface area contributed by atoms with Gasteiger partial charge in [-0.3, -0.25) is 4.79 Å². The molecule has 0 N–H and O–H groups in total. The summed E-state index contributed by atoms with van der Waals surface area (Å²) in [5.74, 6) is 0.825. The van der Waals surface area contributed by atoms with Gasteiger partial charge in [-0.15, -0.1) is 0 Å². The summed E-state index contributed by atoms with van der Waals surface area (Å²) in [6.45, 7) is 5.90. The molecule has 0 bridgehead atoms. The largest absolute Gasteiger partial charge is 0.341 e.